The van der Waals surface area contributed by atoms with Crippen LogP contribution in [0, 0.1) is 0 Å². The Bertz CT molecular complexity index is 1650. The number of carbonyl (C=O) groups is 3. The standard InChI is InChI=1S/C37H34Br2N2O5/c1-45-27-15-11-25(12-16-27)23-40-21-19-36(34(40)43,29-7-3-5-9-31(29)38)33(42)37(30-8-4-6-10-32(30)39)20-22-41(35(37)44)24-26-13-17-28(46-2)18-14-26/h3-18H,19-24H2,1-2H3/t36-,37-/m1/s1. The smallest absolute Gasteiger partial charge is 0.241 e. The predicted molar refractivity (Wildman–Crippen MR) is 183 cm³/mol. The van der Waals surface area contributed by atoms with E-state index >= 15 is 4.79 Å². The molecule has 2 aliphatic rings. The van der Waals surface area contributed by atoms with Crippen molar-refractivity contribution in [3.05, 3.63) is 128 Å². The first-order valence-corrected chi connectivity index (χ1v) is 16.7. The van der Waals surface area contributed by atoms with E-state index in [4.69, 9.17) is 9.47 Å². The first kappa shape index (κ1) is 32.0. The number of benzene rings is 4. The zero-order valence-corrected chi connectivity index (χ0v) is 28.8. The molecule has 2 heterocycles. The Morgan fingerprint density at radius 3 is 1.35 bits per heavy atom. The van der Waals surface area contributed by atoms with E-state index in [9.17, 15) is 9.59 Å². The third-order valence-electron chi connectivity index (χ3n) is 9.33. The summed E-state index contributed by atoms with van der Waals surface area (Å²) in [6, 6.07) is 29.9. The van der Waals surface area contributed by atoms with Gasteiger partial charge in [-0.05, 0) is 71.5 Å². The molecular weight excluding hydrogens is 712 g/mol. The summed E-state index contributed by atoms with van der Waals surface area (Å²) in [7, 11) is 3.22. The van der Waals surface area contributed by atoms with Crippen molar-refractivity contribution in [3.63, 3.8) is 0 Å². The van der Waals surface area contributed by atoms with Gasteiger partial charge in [-0.15, -0.1) is 0 Å². The topological polar surface area (TPSA) is 76.2 Å². The number of ketones is 1. The molecule has 0 N–H and O–H groups in total. The van der Waals surface area contributed by atoms with Gasteiger partial charge in [0.2, 0.25) is 11.8 Å². The third-order valence-corrected chi connectivity index (χ3v) is 10.7. The van der Waals surface area contributed by atoms with Crippen LogP contribution >= 0.6 is 31.9 Å². The average Bonchev–Trinajstić information content (AvgIpc) is 3.58. The molecule has 4 aromatic rings. The Morgan fingerprint density at radius 2 is 1.00 bits per heavy atom. The Morgan fingerprint density at radius 1 is 0.630 bits per heavy atom. The van der Waals surface area contributed by atoms with Gasteiger partial charge < -0.3 is 19.3 Å². The summed E-state index contributed by atoms with van der Waals surface area (Å²) >= 11 is 7.34. The van der Waals surface area contributed by atoms with Crippen LogP contribution in [0.4, 0.5) is 0 Å². The van der Waals surface area contributed by atoms with Gasteiger partial charge in [-0.25, -0.2) is 0 Å². The lowest BCUT2D eigenvalue weighted by molar-refractivity contribution is -0.146. The molecule has 236 valence electrons. The van der Waals surface area contributed by atoms with Crippen molar-refractivity contribution in [2.24, 2.45) is 0 Å². The average molecular weight is 746 g/mol. The van der Waals surface area contributed by atoms with Gasteiger partial charge in [0, 0.05) is 35.1 Å². The molecule has 2 aliphatic heterocycles. The maximum absolute atomic E-state index is 15.6. The summed E-state index contributed by atoms with van der Waals surface area (Å²) in [6.07, 6.45) is 0.503. The molecule has 6 rings (SSSR count). The van der Waals surface area contributed by atoms with E-state index < -0.39 is 10.8 Å². The van der Waals surface area contributed by atoms with Crippen LogP contribution in [0.25, 0.3) is 0 Å². The highest BCUT2D eigenvalue weighted by molar-refractivity contribution is 9.10. The van der Waals surface area contributed by atoms with E-state index in [-0.39, 0.29) is 30.4 Å². The summed E-state index contributed by atoms with van der Waals surface area (Å²) in [4.78, 5) is 48.7. The second kappa shape index (κ2) is 13.0. The molecule has 46 heavy (non-hydrogen) atoms. The fraction of sp³-hybridized carbons (Fsp3) is 0.270. The number of nitrogens with zero attached hydrogens (tertiary/aromatic N) is 2. The molecule has 0 bridgehead atoms. The molecule has 9 heteroatoms. The monoisotopic (exact) mass is 744 g/mol. The van der Waals surface area contributed by atoms with Crippen molar-refractivity contribution in [1.82, 2.24) is 9.80 Å². The lowest BCUT2D eigenvalue weighted by Crippen LogP contribution is -2.56. The predicted octanol–water partition coefficient (Wildman–Crippen LogP) is 6.84. The number of carbonyl (C=O) groups excluding carboxylic acids is 3. The molecule has 7 nitrogen and oxygen atoms in total. The minimum Gasteiger partial charge on any atom is -0.497 e. The molecule has 0 spiro atoms. The number of halogens is 2. The Balaban J connectivity index is 1.44. The van der Waals surface area contributed by atoms with E-state index in [2.05, 4.69) is 31.9 Å². The Labute approximate surface area is 285 Å². The molecule has 0 radical (unpaired) electrons. The molecule has 2 fully saturated rings. The number of Topliss-reactive ketones (excluding diaryl/α,β-unsaturated/α-hetero) is 1. The third kappa shape index (κ3) is 5.43. The van der Waals surface area contributed by atoms with Gasteiger partial charge in [0.15, 0.2) is 5.78 Å². The quantitative estimate of drug-likeness (QED) is 0.166. The largest absolute Gasteiger partial charge is 0.497 e. The van der Waals surface area contributed by atoms with Crippen molar-refractivity contribution in [1.29, 1.82) is 0 Å². The van der Waals surface area contributed by atoms with Gasteiger partial charge in [-0.2, -0.15) is 0 Å². The highest BCUT2D eigenvalue weighted by atomic mass is 79.9. The van der Waals surface area contributed by atoms with Crippen LogP contribution in [-0.4, -0.2) is 54.7 Å². The van der Waals surface area contributed by atoms with Crippen LogP contribution < -0.4 is 9.47 Å². The summed E-state index contributed by atoms with van der Waals surface area (Å²) in [5.41, 5.74) is -0.147. The highest BCUT2D eigenvalue weighted by Gasteiger charge is 2.65. The molecule has 0 unspecified atom stereocenters. The summed E-state index contributed by atoms with van der Waals surface area (Å²) in [5.74, 6) is 0.469. The van der Waals surface area contributed by atoms with Crippen LogP contribution in [0.2, 0.25) is 0 Å². The normalized spacial score (nSPS) is 21.1. The second-order valence-corrected chi connectivity index (χ2v) is 13.5. The second-order valence-electron chi connectivity index (χ2n) is 11.7. The molecule has 2 amide bonds. The minimum atomic E-state index is -1.58. The number of hydrogen-bond acceptors (Lipinski definition) is 5. The molecule has 0 saturated carbocycles. The number of methoxy groups -OCH3 is 2. The molecule has 2 saturated heterocycles. The van der Waals surface area contributed by atoms with Gasteiger partial charge in [0.05, 0.1) is 14.2 Å². The number of amides is 2. The fourth-order valence-electron chi connectivity index (χ4n) is 6.91. The van der Waals surface area contributed by atoms with E-state index in [1.54, 1.807) is 24.0 Å². The van der Waals surface area contributed by atoms with E-state index in [0.29, 0.717) is 46.3 Å². The van der Waals surface area contributed by atoms with Crippen LogP contribution in [0.1, 0.15) is 35.1 Å². The van der Waals surface area contributed by atoms with Gasteiger partial charge in [0.1, 0.15) is 22.3 Å². The highest BCUT2D eigenvalue weighted by Crippen LogP contribution is 2.50. The van der Waals surface area contributed by atoms with Gasteiger partial charge in [-0.1, -0.05) is 92.5 Å². The van der Waals surface area contributed by atoms with E-state index in [1.165, 1.54) is 0 Å². The van der Waals surface area contributed by atoms with E-state index in [1.807, 2.05) is 97.1 Å². The van der Waals surface area contributed by atoms with Crippen LogP contribution in [0.5, 0.6) is 11.5 Å². The molecule has 2 atom stereocenters. The zero-order chi connectivity index (χ0) is 32.5. The number of hydrogen-bond donors (Lipinski definition) is 0. The van der Waals surface area contributed by atoms with Gasteiger partial charge in [-0.3, -0.25) is 14.4 Å². The summed E-state index contributed by atoms with van der Waals surface area (Å²) in [5, 5.41) is 0. The van der Waals surface area contributed by atoms with Crippen molar-refractivity contribution in [3.8, 4) is 11.5 Å². The molecule has 0 aromatic heterocycles. The lowest BCUT2D eigenvalue weighted by atomic mass is 9.62. The number of likely N-dealkylation sites (tertiary alicyclic amines) is 2. The maximum Gasteiger partial charge on any atom is 0.241 e. The van der Waals surface area contributed by atoms with Crippen molar-refractivity contribution in [2.45, 2.75) is 36.8 Å². The zero-order valence-electron chi connectivity index (χ0n) is 25.7. The fourth-order valence-corrected chi connectivity index (χ4v) is 8.16. The minimum absolute atomic E-state index is 0.251. The SMILES string of the molecule is COc1ccc(CN2CC[C@](C(=O)[C@]3(c4ccccc4Br)CCN(Cc4ccc(OC)cc4)C3=O)(c3ccccc3Br)C2=O)cc1. The first-order valence-electron chi connectivity index (χ1n) is 15.1. The first-order chi connectivity index (χ1) is 22.2. The van der Waals surface area contributed by atoms with Crippen molar-refractivity contribution < 1.29 is 23.9 Å². The van der Waals surface area contributed by atoms with Crippen LogP contribution in [0.15, 0.2) is 106 Å². The number of rotatable bonds is 10. The van der Waals surface area contributed by atoms with E-state index in [0.717, 1.165) is 22.6 Å². The summed E-state index contributed by atoms with van der Waals surface area (Å²) in [6.45, 7) is 1.41. The molecule has 4 aromatic carbocycles. The molecular formula is C37H34Br2N2O5. The van der Waals surface area contributed by atoms with Gasteiger partial charge >= 0.3 is 0 Å². The van der Waals surface area contributed by atoms with Crippen LogP contribution in [-0.2, 0) is 38.3 Å². The van der Waals surface area contributed by atoms with Crippen molar-refractivity contribution in [2.75, 3.05) is 27.3 Å². The Kier molecular flexibility index (Phi) is 9.08. The summed E-state index contributed by atoms with van der Waals surface area (Å²) < 4.78 is 11.9. The van der Waals surface area contributed by atoms with Crippen LogP contribution in [0.3, 0.4) is 0 Å². The lowest BCUT2D eigenvalue weighted by Gasteiger charge is -2.37. The van der Waals surface area contributed by atoms with Gasteiger partial charge in [0.25, 0.3) is 0 Å². The van der Waals surface area contributed by atoms with Crippen molar-refractivity contribution >= 4 is 49.5 Å². The Hall–Kier alpha value is -3.95. The number of ether oxygens (including phenoxy) is 2. The maximum atomic E-state index is 15.6. The molecule has 0 aliphatic carbocycles.